The minimum absolute atomic E-state index is 0.172. The van der Waals surface area contributed by atoms with E-state index in [1.54, 1.807) is 0 Å². The van der Waals surface area contributed by atoms with Gasteiger partial charge in [0.25, 0.3) is 10.1 Å². The van der Waals surface area contributed by atoms with Crippen LogP contribution in [0.3, 0.4) is 0 Å². The average Bonchev–Trinajstić information content (AvgIpc) is 3.13. The number of rotatable bonds is 36. The molecule has 0 spiro atoms. The average molecular weight is 795 g/mol. The van der Waals surface area contributed by atoms with E-state index in [1.165, 1.54) is 116 Å². The lowest BCUT2D eigenvalue weighted by Crippen LogP contribution is -2.60. The molecule has 54 heavy (non-hydrogen) atoms. The van der Waals surface area contributed by atoms with Crippen LogP contribution >= 0.6 is 0 Å². The van der Waals surface area contributed by atoms with E-state index in [9.17, 15) is 37.9 Å². The predicted molar refractivity (Wildman–Crippen MR) is 211 cm³/mol. The maximum Gasteiger partial charge on any atom is 0.306 e. The summed E-state index contributed by atoms with van der Waals surface area (Å²) in [6.45, 7) is 3.76. The van der Waals surface area contributed by atoms with Crippen LogP contribution in [0.4, 0.5) is 0 Å². The maximum atomic E-state index is 12.8. The molecule has 12 nitrogen and oxygen atoms in total. The van der Waals surface area contributed by atoms with Crippen LogP contribution in [0.1, 0.15) is 194 Å². The number of aliphatic hydroxyl groups is 3. The Kier molecular flexibility index (Phi) is 30.7. The summed E-state index contributed by atoms with van der Waals surface area (Å²) in [4.78, 5) is 25.3. The van der Waals surface area contributed by atoms with Gasteiger partial charge in [0.15, 0.2) is 12.4 Å². The van der Waals surface area contributed by atoms with E-state index >= 15 is 0 Å². The summed E-state index contributed by atoms with van der Waals surface area (Å²) in [7, 11) is -4.59. The molecule has 0 amide bonds. The van der Waals surface area contributed by atoms with Crippen molar-refractivity contribution in [2.24, 2.45) is 0 Å². The second-order valence-electron chi connectivity index (χ2n) is 15.4. The molecule has 1 rings (SSSR count). The number of ether oxygens (including phenoxy) is 4. The van der Waals surface area contributed by atoms with Crippen molar-refractivity contribution >= 4 is 22.1 Å². The molecule has 0 aromatic carbocycles. The van der Waals surface area contributed by atoms with Crippen LogP contribution in [0, 0.1) is 0 Å². The van der Waals surface area contributed by atoms with Crippen molar-refractivity contribution < 1.29 is 56.8 Å². The zero-order chi connectivity index (χ0) is 39.9. The summed E-state index contributed by atoms with van der Waals surface area (Å²) >= 11 is 0. The van der Waals surface area contributed by atoms with Gasteiger partial charge >= 0.3 is 11.9 Å². The largest absolute Gasteiger partial charge is 0.462 e. The van der Waals surface area contributed by atoms with Crippen molar-refractivity contribution in [3.63, 3.8) is 0 Å². The van der Waals surface area contributed by atoms with Crippen molar-refractivity contribution in [2.45, 2.75) is 230 Å². The van der Waals surface area contributed by atoms with E-state index in [-0.39, 0.29) is 19.4 Å². The Labute approximate surface area is 327 Å². The van der Waals surface area contributed by atoms with Crippen LogP contribution in [-0.4, -0.2) is 96.0 Å². The third-order valence-corrected chi connectivity index (χ3v) is 10.9. The summed E-state index contributed by atoms with van der Waals surface area (Å²) in [5.74, 6) is -1.97. The van der Waals surface area contributed by atoms with Gasteiger partial charge in [0, 0.05) is 12.8 Å². The Hall–Kier alpha value is -1.35. The van der Waals surface area contributed by atoms with Crippen molar-refractivity contribution in [1.82, 2.24) is 0 Å². The highest BCUT2D eigenvalue weighted by Gasteiger charge is 2.46. The molecular formula is C41H78O12S. The van der Waals surface area contributed by atoms with Crippen LogP contribution in [0.15, 0.2) is 0 Å². The normalized spacial score (nSPS) is 20.9. The Morgan fingerprint density at radius 3 is 1.35 bits per heavy atom. The number of carbonyl (C=O) groups excluding carboxylic acids is 2. The van der Waals surface area contributed by atoms with Gasteiger partial charge < -0.3 is 34.3 Å². The predicted octanol–water partition coefficient (Wildman–Crippen LogP) is 8.12. The molecule has 0 radical (unpaired) electrons. The third kappa shape index (κ3) is 27.3. The fourth-order valence-electron chi connectivity index (χ4n) is 6.79. The highest BCUT2D eigenvalue weighted by Crippen LogP contribution is 2.24. The highest BCUT2D eigenvalue weighted by atomic mass is 32.2. The topological polar surface area (TPSA) is 186 Å². The van der Waals surface area contributed by atoms with Gasteiger partial charge in [-0.05, 0) is 12.8 Å². The van der Waals surface area contributed by atoms with Crippen molar-refractivity contribution in [3.8, 4) is 0 Å². The van der Waals surface area contributed by atoms with Gasteiger partial charge in [-0.2, -0.15) is 8.42 Å². The smallest absolute Gasteiger partial charge is 0.306 e. The van der Waals surface area contributed by atoms with Crippen molar-refractivity contribution in [3.05, 3.63) is 0 Å². The molecule has 320 valence electrons. The minimum Gasteiger partial charge on any atom is -0.462 e. The molecule has 6 atom stereocenters. The molecule has 0 aromatic rings. The molecule has 1 fully saturated rings. The van der Waals surface area contributed by atoms with Gasteiger partial charge in [0.05, 0.1) is 6.61 Å². The van der Waals surface area contributed by atoms with Crippen LogP contribution in [0.25, 0.3) is 0 Å². The first kappa shape index (κ1) is 50.7. The Morgan fingerprint density at radius 1 is 0.556 bits per heavy atom. The molecule has 1 saturated heterocycles. The lowest BCUT2D eigenvalue weighted by molar-refractivity contribution is -0.297. The molecule has 1 aliphatic heterocycles. The first-order valence-electron chi connectivity index (χ1n) is 21.6. The molecule has 1 heterocycles. The van der Waals surface area contributed by atoms with Gasteiger partial charge in [0.1, 0.15) is 36.8 Å². The Morgan fingerprint density at radius 2 is 0.944 bits per heavy atom. The van der Waals surface area contributed by atoms with Crippen LogP contribution in [-0.2, 0) is 38.7 Å². The van der Waals surface area contributed by atoms with E-state index in [0.717, 1.165) is 38.5 Å². The second kappa shape index (κ2) is 32.7. The molecule has 4 N–H and O–H groups in total. The van der Waals surface area contributed by atoms with Gasteiger partial charge in [-0.15, -0.1) is 0 Å². The molecular weight excluding hydrogens is 717 g/mol. The zero-order valence-electron chi connectivity index (χ0n) is 33.8. The maximum absolute atomic E-state index is 12.8. The van der Waals surface area contributed by atoms with Crippen LogP contribution in [0.2, 0.25) is 0 Å². The molecule has 0 aliphatic carbocycles. The van der Waals surface area contributed by atoms with E-state index in [4.69, 9.17) is 18.9 Å². The number of hydrogen-bond acceptors (Lipinski definition) is 11. The van der Waals surface area contributed by atoms with E-state index in [1.807, 2.05) is 0 Å². The minimum atomic E-state index is -4.59. The lowest BCUT2D eigenvalue weighted by atomic mass is 10.00. The van der Waals surface area contributed by atoms with Crippen molar-refractivity contribution in [1.29, 1.82) is 0 Å². The molecule has 0 bridgehead atoms. The highest BCUT2D eigenvalue weighted by molar-refractivity contribution is 7.85. The fraction of sp³-hybridized carbons (Fsp3) is 0.951. The van der Waals surface area contributed by atoms with Crippen LogP contribution in [0.5, 0.6) is 0 Å². The molecule has 0 aromatic heterocycles. The number of esters is 2. The standard InChI is InChI=1S/C41H78O12S/c1-3-5-7-9-11-13-15-17-19-21-23-25-27-29-36(42)50-31-34(32-51-41-40(46)39(45)38(44)35(53-41)33-54(47,48)49)52-37(43)30-28-26-24-22-20-18-16-14-12-10-8-6-4-2/h34-35,38-41,44-46H,3-33H2,1-2H3,(H,47,48,49)/t34?,35-,38-,39+,40+,41?/m1/s1. The molecule has 1 aliphatic rings. The van der Waals surface area contributed by atoms with Gasteiger partial charge in [-0.3, -0.25) is 14.1 Å². The Balaban J connectivity index is 2.46. The van der Waals surface area contributed by atoms with Crippen LogP contribution < -0.4 is 0 Å². The summed E-state index contributed by atoms with van der Waals surface area (Å²) in [5, 5.41) is 30.8. The lowest BCUT2D eigenvalue weighted by Gasteiger charge is -2.40. The Bertz CT molecular complexity index is 1030. The number of hydrogen-bond donors (Lipinski definition) is 4. The van der Waals surface area contributed by atoms with Gasteiger partial charge in [0.2, 0.25) is 0 Å². The monoisotopic (exact) mass is 795 g/mol. The first-order valence-corrected chi connectivity index (χ1v) is 23.2. The summed E-state index contributed by atoms with van der Waals surface area (Å²) < 4.78 is 53.9. The SMILES string of the molecule is CCCCCCCCCCCCCCCC(=O)OCC(COC1O[C@H](CS(=O)(=O)O)[C@@H](O)[C@H](O)[C@@H]1O)OC(=O)CCCCCCCCCCCCCCC. The van der Waals surface area contributed by atoms with Gasteiger partial charge in [-0.25, -0.2) is 0 Å². The molecule has 0 saturated carbocycles. The van der Waals surface area contributed by atoms with Gasteiger partial charge in [-0.1, -0.05) is 168 Å². The first-order chi connectivity index (χ1) is 26.0. The van der Waals surface area contributed by atoms with Crippen molar-refractivity contribution in [2.75, 3.05) is 19.0 Å². The van der Waals surface area contributed by atoms with E-state index < -0.39 is 71.2 Å². The second-order valence-corrected chi connectivity index (χ2v) is 16.9. The van der Waals surface area contributed by atoms with E-state index in [2.05, 4.69) is 13.8 Å². The summed E-state index contributed by atoms with van der Waals surface area (Å²) in [6.07, 6.45) is 21.5. The number of carbonyl (C=O) groups is 2. The molecule has 13 heteroatoms. The fourth-order valence-corrected chi connectivity index (χ4v) is 7.49. The zero-order valence-corrected chi connectivity index (χ0v) is 34.7. The quantitative estimate of drug-likeness (QED) is 0.0272. The number of unbranched alkanes of at least 4 members (excludes halogenated alkanes) is 24. The summed E-state index contributed by atoms with van der Waals surface area (Å²) in [5.41, 5.74) is 0. The number of aliphatic hydroxyl groups excluding tert-OH is 3. The molecule has 2 unspecified atom stereocenters. The summed E-state index contributed by atoms with van der Waals surface area (Å²) in [6, 6.07) is 0. The third-order valence-electron chi connectivity index (χ3n) is 10.2. The van der Waals surface area contributed by atoms with E-state index in [0.29, 0.717) is 12.8 Å².